The third kappa shape index (κ3) is 5.01. The number of amides is 2. The predicted molar refractivity (Wildman–Crippen MR) is 106 cm³/mol. The molecule has 1 aliphatic heterocycles. The second-order valence-electron chi connectivity index (χ2n) is 7.41. The maximum atomic E-state index is 12.7. The molecule has 0 aliphatic carbocycles. The van der Waals surface area contributed by atoms with Gasteiger partial charge in [0.25, 0.3) is 5.91 Å². The average Bonchev–Trinajstić information content (AvgIpc) is 3.08. The minimum Gasteiger partial charge on any atom is -0.347 e. The molecule has 0 saturated carbocycles. The molecule has 2 amide bonds. The lowest BCUT2D eigenvalue weighted by atomic mass is 9.93. The average molecular weight is 420 g/mol. The van der Waals surface area contributed by atoms with E-state index in [1.54, 1.807) is 38.0 Å². The lowest BCUT2D eigenvalue weighted by molar-refractivity contribution is -0.123. The van der Waals surface area contributed by atoms with Gasteiger partial charge in [-0.15, -0.1) is 0 Å². The molecule has 3 rings (SSSR count). The summed E-state index contributed by atoms with van der Waals surface area (Å²) in [5.74, 6) is -0.405. The van der Waals surface area contributed by atoms with Crippen LogP contribution in [0.25, 0.3) is 0 Å². The number of carbonyl (C=O) groups excluding carboxylic acids is 2. The van der Waals surface area contributed by atoms with Crippen LogP contribution in [0.2, 0.25) is 0 Å². The summed E-state index contributed by atoms with van der Waals surface area (Å²) >= 11 is 0. The number of hydrogen-bond acceptors (Lipinski definition) is 5. The molecule has 2 atom stereocenters. The summed E-state index contributed by atoms with van der Waals surface area (Å²) < 4.78 is 28.6. The first-order valence-corrected chi connectivity index (χ1v) is 10.8. The molecule has 9 nitrogen and oxygen atoms in total. The largest absolute Gasteiger partial charge is 0.347 e. The zero-order valence-electron chi connectivity index (χ0n) is 16.5. The fourth-order valence-electron chi connectivity index (χ4n) is 3.29. The highest BCUT2D eigenvalue weighted by Crippen LogP contribution is 2.24. The number of aromatic nitrogens is 2. The van der Waals surface area contributed by atoms with Crippen molar-refractivity contribution in [3.63, 3.8) is 0 Å². The van der Waals surface area contributed by atoms with E-state index in [0.29, 0.717) is 18.4 Å². The van der Waals surface area contributed by atoms with Gasteiger partial charge in [-0.05, 0) is 44.5 Å². The van der Waals surface area contributed by atoms with E-state index >= 15 is 0 Å². The van der Waals surface area contributed by atoms with Gasteiger partial charge in [0, 0.05) is 36.8 Å². The summed E-state index contributed by atoms with van der Waals surface area (Å²) in [5.41, 5.74) is 1.15. The molecule has 1 aromatic carbocycles. The predicted octanol–water partition coefficient (Wildman–Crippen LogP) is 0.857. The van der Waals surface area contributed by atoms with Crippen LogP contribution in [0.15, 0.2) is 41.6 Å². The monoisotopic (exact) mass is 419 g/mol. The summed E-state index contributed by atoms with van der Waals surface area (Å²) in [4.78, 5) is 24.7. The van der Waals surface area contributed by atoms with Crippen molar-refractivity contribution in [2.75, 3.05) is 0 Å². The van der Waals surface area contributed by atoms with Crippen LogP contribution >= 0.6 is 0 Å². The smallest absolute Gasteiger partial charge is 0.251 e. The van der Waals surface area contributed by atoms with Gasteiger partial charge in [-0.3, -0.25) is 14.3 Å². The molecular weight excluding hydrogens is 394 g/mol. The van der Waals surface area contributed by atoms with E-state index < -0.39 is 10.0 Å². The SMILES string of the molecule is CC(C)NS(=O)(=O)c1ccc(C(=O)N[C@H]2CCC(=O)NC2c2cnn(C)c2)cc1. The number of aryl methyl sites for hydroxylation is 1. The minimum absolute atomic E-state index is 0.0726. The summed E-state index contributed by atoms with van der Waals surface area (Å²) in [6.07, 6.45) is 4.29. The Balaban J connectivity index is 1.74. The molecule has 1 fully saturated rings. The van der Waals surface area contributed by atoms with Crippen molar-refractivity contribution >= 4 is 21.8 Å². The van der Waals surface area contributed by atoms with Crippen molar-refractivity contribution in [3.05, 3.63) is 47.8 Å². The van der Waals surface area contributed by atoms with Crippen molar-refractivity contribution in [1.82, 2.24) is 25.1 Å². The Morgan fingerprint density at radius 2 is 1.97 bits per heavy atom. The van der Waals surface area contributed by atoms with Crippen LogP contribution in [0.3, 0.4) is 0 Å². The third-order valence-corrected chi connectivity index (χ3v) is 6.29. The molecular formula is C19H25N5O4S. The summed E-state index contributed by atoms with van der Waals surface area (Å²) in [6.45, 7) is 3.47. The number of benzene rings is 1. The molecule has 1 unspecified atom stereocenters. The fourth-order valence-corrected chi connectivity index (χ4v) is 4.54. The molecule has 2 aromatic rings. The molecule has 3 N–H and O–H groups in total. The van der Waals surface area contributed by atoms with Crippen LogP contribution in [-0.2, 0) is 21.9 Å². The first kappa shape index (κ1) is 21.0. The molecule has 1 aromatic heterocycles. The van der Waals surface area contributed by atoms with Crippen molar-refractivity contribution in [3.8, 4) is 0 Å². The maximum Gasteiger partial charge on any atom is 0.251 e. The number of carbonyl (C=O) groups is 2. The topological polar surface area (TPSA) is 122 Å². The maximum absolute atomic E-state index is 12.7. The standard InChI is InChI=1S/C19H25N5O4S/c1-12(2)23-29(27,28)15-6-4-13(5-7-15)19(26)21-16-8-9-17(25)22-18(16)14-10-20-24(3)11-14/h4-7,10-12,16,18,23H,8-9H2,1-3H3,(H,21,26)(H,22,25)/t16-,18?/m0/s1. The van der Waals surface area contributed by atoms with Gasteiger partial charge in [-0.25, -0.2) is 13.1 Å². The number of hydrogen-bond donors (Lipinski definition) is 3. The van der Waals surface area contributed by atoms with Crippen LogP contribution in [0, 0.1) is 0 Å². The fraction of sp³-hybridized carbons (Fsp3) is 0.421. The molecule has 0 spiro atoms. The zero-order chi connectivity index (χ0) is 21.2. The highest BCUT2D eigenvalue weighted by molar-refractivity contribution is 7.89. The first-order chi connectivity index (χ1) is 13.7. The van der Waals surface area contributed by atoms with Crippen LogP contribution in [0.1, 0.15) is 48.7 Å². The second kappa shape index (κ2) is 8.34. The lowest BCUT2D eigenvalue weighted by Gasteiger charge is -2.32. The van der Waals surface area contributed by atoms with Gasteiger partial charge in [0.2, 0.25) is 15.9 Å². The van der Waals surface area contributed by atoms with Gasteiger partial charge >= 0.3 is 0 Å². The number of nitrogens with zero attached hydrogens (tertiary/aromatic N) is 2. The van der Waals surface area contributed by atoms with Gasteiger partial charge in [-0.2, -0.15) is 5.10 Å². The van der Waals surface area contributed by atoms with Gasteiger partial charge in [0.05, 0.1) is 23.2 Å². The Morgan fingerprint density at radius 1 is 1.28 bits per heavy atom. The van der Waals surface area contributed by atoms with Crippen LogP contribution in [0.4, 0.5) is 0 Å². The van der Waals surface area contributed by atoms with Gasteiger partial charge in [0.15, 0.2) is 0 Å². The Labute approximate surface area is 169 Å². The highest BCUT2D eigenvalue weighted by Gasteiger charge is 2.32. The van der Waals surface area contributed by atoms with Crippen molar-refractivity contribution in [1.29, 1.82) is 0 Å². The Morgan fingerprint density at radius 3 is 2.55 bits per heavy atom. The van der Waals surface area contributed by atoms with Gasteiger partial charge in [0.1, 0.15) is 0 Å². The molecule has 0 bridgehead atoms. The molecule has 156 valence electrons. The highest BCUT2D eigenvalue weighted by atomic mass is 32.2. The molecule has 1 aliphatic rings. The van der Waals surface area contributed by atoms with Crippen molar-refractivity contribution < 1.29 is 18.0 Å². The van der Waals surface area contributed by atoms with E-state index in [4.69, 9.17) is 0 Å². The lowest BCUT2D eigenvalue weighted by Crippen LogP contribution is -2.50. The van der Waals surface area contributed by atoms with E-state index in [1.165, 1.54) is 24.3 Å². The van der Waals surface area contributed by atoms with Crippen molar-refractivity contribution in [2.24, 2.45) is 7.05 Å². The van der Waals surface area contributed by atoms with Crippen molar-refractivity contribution in [2.45, 2.75) is 49.7 Å². The van der Waals surface area contributed by atoms with Gasteiger partial charge < -0.3 is 10.6 Å². The molecule has 0 radical (unpaired) electrons. The van der Waals surface area contributed by atoms with Crippen LogP contribution in [0.5, 0.6) is 0 Å². The summed E-state index contributed by atoms with van der Waals surface area (Å²) in [7, 11) is -1.83. The van der Waals surface area contributed by atoms with Crippen LogP contribution in [-0.4, -0.2) is 42.1 Å². The van der Waals surface area contributed by atoms with E-state index in [-0.39, 0.29) is 34.8 Å². The minimum atomic E-state index is -3.62. The second-order valence-corrected chi connectivity index (χ2v) is 9.13. The Bertz CT molecular complexity index is 998. The molecule has 1 saturated heterocycles. The van der Waals surface area contributed by atoms with E-state index in [0.717, 1.165) is 5.56 Å². The molecule has 2 heterocycles. The Hall–Kier alpha value is -2.72. The molecule has 29 heavy (non-hydrogen) atoms. The summed E-state index contributed by atoms with van der Waals surface area (Å²) in [5, 5.41) is 9.99. The molecule has 10 heteroatoms. The van der Waals surface area contributed by atoms with E-state index in [1.807, 2.05) is 0 Å². The first-order valence-electron chi connectivity index (χ1n) is 9.37. The normalized spacial score (nSPS) is 19.8. The quantitative estimate of drug-likeness (QED) is 0.641. The van der Waals surface area contributed by atoms with E-state index in [9.17, 15) is 18.0 Å². The number of rotatable bonds is 6. The number of sulfonamides is 1. The zero-order valence-corrected chi connectivity index (χ0v) is 17.4. The number of nitrogens with one attached hydrogen (secondary N) is 3. The van der Waals surface area contributed by atoms with Gasteiger partial charge in [-0.1, -0.05) is 0 Å². The van der Waals surface area contributed by atoms with E-state index in [2.05, 4.69) is 20.5 Å². The summed E-state index contributed by atoms with van der Waals surface area (Å²) in [6, 6.07) is 4.87. The number of piperidine rings is 1. The Kier molecular flexibility index (Phi) is 6.04. The third-order valence-electron chi connectivity index (χ3n) is 4.62. The van der Waals surface area contributed by atoms with Crippen LogP contribution < -0.4 is 15.4 Å².